The molecular weight excluding hydrogens is 1450 g/mol. The molecule has 1 atom stereocenters. The van der Waals surface area contributed by atoms with Crippen molar-refractivity contribution >= 4 is 17.5 Å². The van der Waals surface area contributed by atoms with Crippen LogP contribution in [0.4, 0.5) is 5.69 Å². The van der Waals surface area contributed by atoms with E-state index in [1.54, 1.807) is 14.2 Å². The summed E-state index contributed by atoms with van der Waals surface area (Å²) in [6.07, 6.45) is 19.4. The van der Waals surface area contributed by atoms with Crippen LogP contribution in [0.3, 0.4) is 0 Å². The molecule has 117 heavy (non-hydrogen) atoms. The van der Waals surface area contributed by atoms with Crippen molar-refractivity contribution in [1.29, 1.82) is 0 Å². The average molecular weight is 1640 g/mol. The third kappa shape index (κ3) is 52.5. The molecule has 3 aliphatic rings. The maximum atomic E-state index is 11.9. The van der Waals surface area contributed by atoms with Crippen LogP contribution in [0.1, 0.15) is 327 Å². The van der Waals surface area contributed by atoms with E-state index < -0.39 is 0 Å². The van der Waals surface area contributed by atoms with Gasteiger partial charge in [-0.25, -0.2) is 9.97 Å². The first-order valence-corrected chi connectivity index (χ1v) is 41.2. The van der Waals surface area contributed by atoms with Gasteiger partial charge in [-0.05, 0) is 149 Å². The third-order valence-corrected chi connectivity index (χ3v) is 19.2. The number of anilines is 1. The van der Waals surface area contributed by atoms with Crippen molar-refractivity contribution in [3.63, 3.8) is 0 Å². The Bertz CT molecular complexity index is 3250. The predicted octanol–water partition coefficient (Wildman–Crippen LogP) is 23.4. The number of carbonyl (C=O) groups excluding carboxylic acids is 2. The summed E-state index contributed by atoms with van der Waals surface area (Å²) in [6.45, 7) is 69.5. The highest BCUT2D eigenvalue weighted by Gasteiger charge is 2.33. The SMILES string of the molecule is C.C.C.C.C.C.C.C.CC(C)(C)C(=O)NCCCN1CCOCC1.CC(C)c1ccc(CN2CCCC2)cc1.CCCCNCc1ccc(C(C)C)cc1.CCn1cc(C(C)(C)C)cn1.CCn1cnc(C(C)(C)C)c1.CN(C)[C@@H]1CCN(C(=O)C(C)(C)C)C1.COCCNc1ccccc1C(C)C.COCCn1cnc(C(C)(C)C)c1. The normalized spacial score (nSPS) is 13.8. The second-order valence-corrected chi connectivity index (χ2v) is 35.6. The van der Waals surface area contributed by atoms with E-state index in [1.165, 1.54) is 83.5 Å². The number of rotatable bonds is 24. The first-order chi connectivity index (χ1) is 51.2. The number of unbranched alkanes of at least 4 members (excludes halogenated alkanes) is 1. The van der Waals surface area contributed by atoms with Crippen molar-refractivity contribution in [2.45, 2.75) is 337 Å². The second kappa shape index (κ2) is 64.6. The van der Waals surface area contributed by atoms with Gasteiger partial charge in [0.2, 0.25) is 11.8 Å². The number of nitrogens with one attached hydrogen (secondary N) is 3. The highest BCUT2D eigenvalue weighted by atomic mass is 16.5. The zero-order valence-electron chi connectivity index (χ0n) is 74.4. The molecule has 18 nitrogen and oxygen atoms in total. The number of carbonyl (C=O) groups is 2. The fraction of sp³-hybridized carbons (Fsp3) is 0.707. The van der Waals surface area contributed by atoms with Crippen LogP contribution in [0.2, 0.25) is 0 Å². The largest absolute Gasteiger partial charge is 0.383 e. The van der Waals surface area contributed by atoms with Crippen molar-refractivity contribution in [2.75, 3.05) is 126 Å². The number of amides is 2. The minimum atomic E-state index is -0.279. The van der Waals surface area contributed by atoms with Gasteiger partial charge in [0, 0.05) is 138 Å². The van der Waals surface area contributed by atoms with Crippen LogP contribution >= 0.6 is 0 Å². The fourth-order valence-corrected chi connectivity index (χ4v) is 11.5. The summed E-state index contributed by atoms with van der Waals surface area (Å²) in [5.41, 5.74) is 11.9. The molecule has 0 aliphatic carbocycles. The summed E-state index contributed by atoms with van der Waals surface area (Å²) in [6, 6.07) is 27.0. The lowest BCUT2D eigenvalue weighted by molar-refractivity contribution is -0.138. The number of methoxy groups -OCH3 is 2. The van der Waals surface area contributed by atoms with E-state index in [-0.39, 0.29) is 98.3 Å². The lowest BCUT2D eigenvalue weighted by Gasteiger charge is -2.26. The maximum absolute atomic E-state index is 11.9. The number of hydrogen-bond donors (Lipinski definition) is 3. The zero-order chi connectivity index (χ0) is 82.0. The molecule has 18 heteroatoms. The topological polar surface area (TPSA) is 164 Å². The van der Waals surface area contributed by atoms with Crippen LogP contribution < -0.4 is 16.0 Å². The number of hydrogen-bond acceptors (Lipinski definition) is 13. The quantitative estimate of drug-likeness (QED) is 0.0491. The van der Waals surface area contributed by atoms with Crippen LogP contribution in [-0.4, -0.2) is 187 Å². The molecular formula is C99H191N13O5. The number of ether oxygens (including phenoxy) is 3. The number of benzene rings is 3. The standard InChI is InChI=1S/C14H21N.C14H23N.C12H24N2O2.C12H19NO.C11H22N2O.C10H18N2O.2C9H16N2.8CH4/c1-12(2)14-7-5-13(6-8-14)11-15-9-3-4-10-15;1-4-5-10-15-11-13-6-8-14(9-7-13)12(2)3;1-12(2,3)11(15)13-5-4-6-14-7-9-16-10-8-14;1-10(2)11-6-4-5-7-12(11)13-8-9-14-3;1-11(2,3)10(14)13-7-6-9(8-13)12(4)5;1-10(2,3)9-7-12(8-11-9)5-6-13-4;1-5-11-6-8(10-7-11)9(2,3)4;1-5-11-7-8(6-10-11)9(2,3)4;;;;;;;;/h5-8,12H,3-4,9-11H2,1-2H3;6-9,12,15H,4-5,10-11H2,1-3H3;4-10H2,1-3H3,(H,13,15);4-7,10,13H,8-9H2,1-3H3;9H,6-8H2,1-5H3;7-8H,5-6H2,1-4H3;2*6-7H,5H2,1-4H3;8*1H4/t;;;;9-;;;;;;;;;;;/m....1.........../s1. The minimum Gasteiger partial charge on any atom is -0.383 e. The molecule has 3 aliphatic heterocycles. The predicted molar refractivity (Wildman–Crippen MR) is 515 cm³/mol. The highest BCUT2D eigenvalue weighted by Crippen LogP contribution is 2.27. The number of aromatic nitrogens is 6. The van der Waals surface area contributed by atoms with Gasteiger partial charge in [0.15, 0.2) is 0 Å². The minimum absolute atomic E-state index is 0. The molecule has 6 aromatic rings. The van der Waals surface area contributed by atoms with Crippen molar-refractivity contribution in [3.05, 3.63) is 155 Å². The summed E-state index contributed by atoms with van der Waals surface area (Å²) in [7, 11) is 7.59. The molecule has 682 valence electrons. The van der Waals surface area contributed by atoms with Gasteiger partial charge in [0.05, 0.1) is 56.7 Å². The van der Waals surface area contributed by atoms with Gasteiger partial charge in [0.25, 0.3) is 0 Å². The van der Waals surface area contributed by atoms with Crippen molar-refractivity contribution in [2.24, 2.45) is 10.8 Å². The molecule has 3 fully saturated rings. The van der Waals surface area contributed by atoms with Crippen LogP contribution in [0.5, 0.6) is 0 Å². The molecule has 0 saturated carbocycles. The molecule has 9 rings (SSSR count). The average Bonchev–Trinajstić information content (AvgIpc) is 1.73. The third-order valence-electron chi connectivity index (χ3n) is 19.2. The van der Waals surface area contributed by atoms with Crippen LogP contribution in [0.25, 0.3) is 0 Å². The Hall–Kier alpha value is -6.25. The molecule has 3 aromatic carbocycles. The summed E-state index contributed by atoms with van der Waals surface area (Å²) in [5.74, 6) is 2.25. The highest BCUT2D eigenvalue weighted by molar-refractivity contribution is 5.82. The number of likely N-dealkylation sites (tertiary alicyclic amines) is 2. The van der Waals surface area contributed by atoms with Crippen LogP contribution in [-0.2, 0) is 72.8 Å². The Morgan fingerprint density at radius 3 is 1.48 bits per heavy atom. The van der Waals surface area contributed by atoms with Crippen molar-refractivity contribution in [3.8, 4) is 0 Å². The van der Waals surface area contributed by atoms with Crippen molar-refractivity contribution in [1.82, 2.24) is 59.1 Å². The van der Waals surface area contributed by atoms with E-state index in [0.717, 1.165) is 130 Å². The van der Waals surface area contributed by atoms with Crippen LogP contribution in [0.15, 0.2) is 110 Å². The number of likely N-dealkylation sites (N-methyl/N-ethyl adjacent to an activating group) is 1. The molecule has 0 bridgehead atoms. The monoisotopic (exact) mass is 1640 g/mol. The van der Waals surface area contributed by atoms with Crippen molar-refractivity contribution < 1.29 is 23.8 Å². The number of morpholine rings is 1. The molecule has 3 saturated heterocycles. The van der Waals surface area contributed by atoms with Crippen LogP contribution in [0, 0.1) is 10.8 Å². The summed E-state index contributed by atoms with van der Waals surface area (Å²) in [5, 5.41) is 14.0. The zero-order valence-corrected chi connectivity index (χ0v) is 74.4. The number of imidazole rings is 2. The molecule has 0 radical (unpaired) electrons. The summed E-state index contributed by atoms with van der Waals surface area (Å²) < 4.78 is 21.4. The van der Waals surface area contributed by atoms with Gasteiger partial charge in [-0.2, -0.15) is 5.10 Å². The smallest absolute Gasteiger partial charge is 0.228 e. The van der Waals surface area contributed by atoms with Gasteiger partial charge in [-0.1, -0.05) is 285 Å². The molecule has 0 unspecified atom stereocenters. The number of para-hydroxylation sites is 1. The fourth-order valence-electron chi connectivity index (χ4n) is 11.5. The molecule has 3 N–H and O–H groups in total. The Kier molecular flexibility index (Phi) is 68.4. The van der Waals surface area contributed by atoms with E-state index in [4.69, 9.17) is 14.2 Å². The Labute approximate surface area is 724 Å². The van der Waals surface area contributed by atoms with Gasteiger partial charge < -0.3 is 49.1 Å². The Morgan fingerprint density at radius 2 is 1.07 bits per heavy atom. The first kappa shape index (κ1) is 124. The number of aryl methyl sites for hydroxylation is 2. The van der Waals surface area contributed by atoms with E-state index in [2.05, 4.69) is 285 Å². The summed E-state index contributed by atoms with van der Waals surface area (Å²) >= 11 is 0. The van der Waals surface area contributed by atoms with Gasteiger partial charge in [-0.3, -0.25) is 24.1 Å². The van der Waals surface area contributed by atoms with E-state index in [9.17, 15) is 9.59 Å². The lowest BCUT2D eigenvalue weighted by atomic mass is 9.90. The Balaban J connectivity index is -0.000000235. The van der Waals surface area contributed by atoms with E-state index in [0.29, 0.717) is 23.8 Å². The van der Waals surface area contributed by atoms with Gasteiger partial charge in [-0.15, -0.1) is 0 Å². The maximum Gasteiger partial charge on any atom is 0.228 e. The van der Waals surface area contributed by atoms with E-state index in [1.807, 2.05) is 70.0 Å². The van der Waals surface area contributed by atoms with Gasteiger partial charge in [0.1, 0.15) is 0 Å². The van der Waals surface area contributed by atoms with Gasteiger partial charge >= 0.3 is 0 Å². The Morgan fingerprint density at radius 1 is 0.556 bits per heavy atom. The lowest BCUT2D eigenvalue weighted by Crippen LogP contribution is -2.40. The molecule has 3 aromatic heterocycles. The first-order valence-electron chi connectivity index (χ1n) is 41.2. The van der Waals surface area contributed by atoms with E-state index >= 15 is 0 Å². The molecule has 2 amide bonds. The molecule has 0 spiro atoms. The summed E-state index contributed by atoms with van der Waals surface area (Å²) in [4.78, 5) is 41.3. The second-order valence-electron chi connectivity index (χ2n) is 35.6. The molecule has 6 heterocycles. The number of nitrogens with zero attached hydrogens (tertiary/aromatic N) is 10.